The molecule has 0 aliphatic heterocycles. The zero-order chi connectivity index (χ0) is 14.3. The molecule has 0 aliphatic rings. The molecule has 106 valence electrons. The van der Waals surface area contributed by atoms with E-state index in [9.17, 15) is 9.59 Å². The van der Waals surface area contributed by atoms with Crippen molar-refractivity contribution >= 4 is 11.9 Å². The van der Waals surface area contributed by atoms with Gasteiger partial charge in [0, 0.05) is 20.1 Å². The molecule has 1 amide bonds. The average Bonchev–Trinajstić information content (AvgIpc) is 2.15. The Labute approximate surface area is 109 Å². The molecule has 0 radical (unpaired) electrons. The van der Waals surface area contributed by atoms with Crippen LogP contribution >= 0.6 is 0 Å². The zero-order valence-electron chi connectivity index (χ0n) is 12.0. The minimum absolute atomic E-state index is 0.00501. The van der Waals surface area contributed by atoms with Gasteiger partial charge in [0.15, 0.2) is 0 Å². The molecule has 18 heavy (non-hydrogen) atoms. The van der Waals surface area contributed by atoms with Crippen LogP contribution in [-0.4, -0.2) is 48.2 Å². The molecule has 0 heterocycles. The minimum atomic E-state index is -0.874. The van der Waals surface area contributed by atoms with Gasteiger partial charge in [0.2, 0.25) is 5.91 Å². The van der Waals surface area contributed by atoms with E-state index in [-0.39, 0.29) is 24.8 Å². The molecule has 0 aromatic rings. The van der Waals surface area contributed by atoms with Crippen LogP contribution in [0.4, 0.5) is 0 Å². The van der Waals surface area contributed by atoms with Crippen LogP contribution in [0, 0.1) is 5.41 Å². The van der Waals surface area contributed by atoms with Crippen LogP contribution in [0.1, 0.15) is 40.5 Å². The fourth-order valence-corrected chi connectivity index (χ4v) is 2.05. The lowest BCUT2D eigenvalue weighted by Crippen LogP contribution is -2.42. The molecule has 0 bridgehead atoms. The molecule has 0 fully saturated rings. The molecule has 0 aromatic heterocycles. The second-order valence-corrected chi connectivity index (χ2v) is 5.40. The van der Waals surface area contributed by atoms with Gasteiger partial charge in [-0.15, -0.1) is 0 Å². The van der Waals surface area contributed by atoms with E-state index in [1.807, 2.05) is 13.8 Å². The lowest BCUT2D eigenvalue weighted by molar-refractivity contribution is -0.141. The van der Waals surface area contributed by atoms with Crippen molar-refractivity contribution in [2.75, 3.05) is 20.3 Å². The molecule has 0 spiro atoms. The Hall–Kier alpha value is -1.10. The molecule has 1 atom stereocenters. The molecule has 1 unspecified atom stereocenters. The molecule has 1 N–H and O–H groups in total. The first-order valence-electron chi connectivity index (χ1n) is 6.23. The van der Waals surface area contributed by atoms with Gasteiger partial charge in [-0.1, -0.05) is 13.8 Å². The number of ether oxygens (including phenoxy) is 1. The highest BCUT2D eigenvalue weighted by Crippen LogP contribution is 2.26. The summed E-state index contributed by atoms with van der Waals surface area (Å²) < 4.78 is 5.04. The van der Waals surface area contributed by atoms with Gasteiger partial charge in [-0.25, -0.2) is 0 Å². The Morgan fingerprint density at radius 1 is 1.33 bits per heavy atom. The van der Waals surface area contributed by atoms with Gasteiger partial charge >= 0.3 is 5.97 Å². The van der Waals surface area contributed by atoms with Crippen molar-refractivity contribution < 1.29 is 19.4 Å². The summed E-state index contributed by atoms with van der Waals surface area (Å²) in [6.45, 7) is 8.52. The second-order valence-electron chi connectivity index (χ2n) is 5.40. The summed E-state index contributed by atoms with van der Waals surface area (Å²) >= 11 is 0. The highest BCUT2D eigenvalue weighted by Gasteiger charge is 2.28. The third kappa shape index (κ3) is 6.00. The van der Waals surface area contributed by atoms with E-state index in [4.69, 9.17) is 9.84 Å². The Morgan fingerprint density at radius 3 is 2.28 bits per heavy atom. The first-order valence-corrected chi connectivity index (χ1v) is 6.23. The first-order chi connectivity index (χ1) is 8.23. The lowest BCUT2D eigenvalue weighted by atomic mass is 9.85. The monoisotopic (exact) mass is 259 g/mol. The van der Waals surface area contributed by atoms with Crippen LogP contribution in [0.25, 0.3) is 0 Å². The van der Waals surface area contributed by atoms with Crippen molar-refractivity contribution in [3.63, 3.8) is 0 Å². The van der Waals surface area contributed by atoms with Crippen LogP contribution in [0.3, 0.4) is 0 Å². The third-order valence-electron chi connectivity index (χ3n) is 2.86. The summed E-state index contributed by atoms with van der Waals surface area (Å²) in [5.74, 6) is -0.894. The molecule has 0 aromatic carbocycles. The second kappa shape index (κ2) is 7.36. The summed E-state index contributed by atoms with van der Waals surface area (Å²) in [4.78, 5) is 24.6. The Morgan fingerprint density at radius 2 is 1.89 bits per heavy atom. The largest absolute Gasteiger partial charge is 0.481 e. The molecule has 0 aliphatic carbocycles. The van der Waals surface area contributed by atoms with Crippen LogP contribution in [0.5, 0.6) is 0 Å². The van der Waals surface area contributed by atoms with Crippen LogP contribution in [0.2, 0.25) is 0 Å². The zero-order valence-corrected chi connectivity index (χ0v) is 12.0. The number of likely N-dealkylation sites (N-methyl/N-ethyl adjacent to an activating group) is 1. The highest BCUT2D eigenvalue weighted by molar-refractivity contribution is 5.78. The van der Waals surface area contributed by atoms with E-state index in [0.717, 1.165) is 0 Å². The number of nitrogens with zero attached hydrogens (tertiary/aromatic N) is 1. The normalized spacial score (nSPS) is 13.2. The van der Waals surface area contributed by atoms with Crippen molar-refractivity contribution in [3.8, 4) is 0 Å². The number of hydrogen-bond donors (Lipinski definition) is 1. The molecule has 0 saturated carbocycles. The predicted octanol–water partition coefficient (Wildman–Crippen LogP) is 1.76. The van der Waals surface area contributed by atoms with Crippen molar-refractivity contribution in [2.45, 2.75) is 46.6 Å². The number of methoxy groups -OCH3 is 1. The van der Waals surface area contributed by atoms with Crippen molar-refractivity contribution in [1.82, 2.24) is 4.90 Å². The number of carbonyl (C=O) groups is 2. The molecular weight excluding hydrogens is 234 g/mol. The number of amides is 1. The maximum absolute atomic E-state index is 12.2. The molecule has 0 saturated heterocycles. The van der Waals surface area contributed by atoms with Gasteiger partial charge in [0.1, 0.15) is 0 Å². The van der Waals surface area contributed by atoms with E-state index in [1.165, 1.54) is 0 Å². The van der Waals surface area contributed by atoms with Gasteiger partial charge in [0.25, 0.3) is 0 Å². The SMILES string of the molecule is CCN(C(=O)CC(C)(C)CC(=O)O)C(C)COC. The van der Waals surface area contributed by atoms with Gasteiger partial charge in [-0.3, -0.25) is 9.59 Å². The number of rotatable bonds is 8. The number of aliphatic carboxylic acids is 1. The van der Waals surface area contributed by atoms with E-state index in [2.05, 4.69) is 0 Å². The van der Waals surface area contributed by atoms with E-state index in [0.29, 0.717) is 13.2 Å². The summed E-state index contributed by atoms with van der Waals surface area (Å²) in [5, 5.41) is 8.81. The lowest BCUT2D eigenvalue weighted by Gasteiger charge is -2.31. The number of carbonyl (C=O) groups excluding carboxylic acids is 1. The fraction of sp³-hybridized carbons (Fsp3) is 0.846. The summed E-state index contributed by atoms with van der Waals surface area (Å²) in [7, 11) is 1.60. The summed E-state index contributed by atoms with van der Waals surface area (Å²) in [6, 6.07) is 0.00753. The summed E-state index contributed by atoms with van der Waals surface area (Å²) in [5.41, 5.74) is -0.525. The Bertz CT molecular complexity index is 289. The van der Waals surface area contributed by atoms with Crippen LogP contribution in [0.15, 0.2) is 0 Å². The Kier molecular flexibility index (Phi) is 6.91. The predicted molar refractivity (Wildman–Crippen MR) is 69.4 cm³/mol. The quantitative estimate of drug-likeness (QED) is 0.721. The minimum Gasteiger partial charge on any atom is -0.481 e. The maximum Gasteiger partial charge on any atom is 0.303 e. The van der Waals surface area contributed by atoms with Gasteiger partial charge in [0.05, 0.1) is 19.1 Å². The Balaban J connectivity index is 4.56. The molecule has 0 rings (SSSR count). The average molecular weight is 259 g/mol. The topological polar surface area (TPSA) is 66.8 Å². The van der Waals surface area contributed by atoms with Crippen LogP contribution < -0.4 is 0 Å². The standard InChI is InChI=1S/C13H25NO4/c1-6-14(10(2)9-18-5)11(15)7-13(3,4)8-12(16)17/h10H,6-9H2,1-5H3,(H,16,17). The highest BCUT2D eigenvalue weighted by atomic mass is 16.5. The number of carboxylic acids is 1. The maximum atomic E-state index is 12.2. The van der Waals surface area contributed by atoms with E-state index >= 15 is 0 Å². The van der Waals surface area contributed by atoms with E-state index < -0.39 is 11.4 Å². The van der Waals surface area contributed by atoms with Gasteiger partial charge in [-0.2, -0.15) is 0 Å². The van der Waals surface area contributed by atoms with Gasteiger partial charge in [-0.05, 0) is 19.3 Å². The fourth-order valence-electron chi connectivity index (χ4n) is 2.05. The number of hydrogen-bond acceptors (Lipinski definition) is 3. The molecule has 5 heteroatoms. The van der Waals surface area contributed by atoms with Crippen molar-refractivity contribution in [3.05, 3.63) is 0 Å². The smallest absolute Gasteiger partial charge is 0.303 e. The molecular formula is C13H25NO4. The van der Waals surface area contributed by atoms with Crippen molar-refractivity contribution in [2.24, 2.45) is 5.41 Å². The number of carboxylic acid groups (broad SMARTS) is 1. The van der Waals surface area contributed by atoms with E-state index in [1.54, 1.807) is 25.9 Å². The first kappa shape index (κ1) is 16.9. The van der Waals surface area contributed by atoms with Crippen LogP contribution in [-0.2, 0) is 14.3 Å². The molecule has 5 nitrogen and oxygen atoms in total. The summed E-state index contributed by atoms with van der Waals surface area (Å²) in [6.07, 6.45) is 0.232. The third-order valence-corrected chi connectivity index (χ3v) is 2.86. The van der Waals surface area contributed by atoms with Gasteiger partial charge < -0.3 is 14.7 Å². The van der Waals surface area contributed by atoms with Crippen molar-refractivity contribution in [1.29, 1.82) is 0 Å².